The van der Waals surface area contributed by atoms with Crippen molar-refractivity contribution < 1.29 is 17.7 Å². The molecule has 0 radical (unpaired) electrons. The molecule has 2 N–H and O–H groups in total. The Kier molecular flexibility index (Phi) is 6.31. The van der Waals surface area contributed by atoms with Gasteiger partial charge >= 0.3 is 0 Å². The fraction of sp³-hybridized carbons (Fsp3) is 0.300. The van der Waals surface area contributed by atoms with E-state index in [2.05, 4.69) is 10.1 Å². The number of sulfonamides is 1. The number of hydrogen-bond donors (Lipinski definition) is 1. The Hall–Kier alpha value is -2.75. The second-order valence-corrected chi connectivity index (χ2v) is 8.21. The quantitative estimate of drug-likeness (QED) is 0.601. The number of hydrogen-bond acceptors (Lipinski definition) is 7. The highest BCUT2D eigenvalue weighted by molar-refractivity contribution is 7.89. The highest BCUT2D eigenvalue weighted by Crippen LogP contribution is 2.28. The third-order valence-electron chi connectivity index (χ3n) is 4.63. The van der Waals surface area contributed by atoms with Gasteiger partial charge in [-0.05, 0) is 50.7 Å². The number of ether oxygens (including phenoxy) is 1. The van der Waals surface area contributed by atoms with Crippen LogP contribution in [0.4, 0.5) is 0 Å². The second-order valence-electron chi connectivity index (χ2n) is 6.65. The van der Waals surface area contributed by atoms with E-state index in [1.165, 1.54) is 12.1 Å². The molecule has 0 spiro atoms. The van der Waals surface area contributed by atoms with Gasteiger partial charge in [-0.2, -0.15) is 4.98 Å². The van der Waals surface area contributed by atoms with Crippen molar-refractivity contribution in [1.82, 2.24) is 15.0 Å². The number of rotatable bonds is 8. The minimum absolute atomic E-state index is 0.00408. The van der Waals surface area contributed by atoms with Crippen molar-refractivity contribution in [2.24, 2.45) is 5.14 Å². The zero-order valence-corrected chi connectivity index (χ0v) is 17.4. The largest absolute Gasteiger partial charge is 0.493 e. The Labute approximate surface area is 170 Å². The van der Waals surface area contributed by atoms with Crippen LogP contribution in [0.2, 0.25) is 0 Å². The number of primary sulfonamides is 1. The normalized spacial score (nSPS) is 12.9. The number of benzene rings is 2. The van der Waals surface area contributed by atoms with Crippen molar-refractivity contribution in [1.29, 1.82) is 0 Å². The second kappa shape index (κ2) is 8.73. The van der Waals surface area contributed by atoms with Crippen molar-refractivity contribution in [2.75, 3.05) is 13.7 Å². The maximum absolute atomic E-state index is 11.4. The van der Waals surface area contributed by atoms with Gasteiger partial charge in [0.1, 0.15) is 5.75 Å². The number of nitrogens with two attached hydrogens (primary N) is 1. The van der Waals surface area contributed by atoms with Crippen molar-refractivity contribution in [3.8, 4) is 17.1 Å². The average Bonchev–Trinajstić information content (AvgIpc) is 3.15. The summed E-state index contributed by atoms with van der Waals surface area (Å²) in [6.07, 6.45) is 0. The lowest BCUT2D eigenvalue weighted by Crippen LogP contribution is -2.22. The molecule has 2 aromatic carbocycles. The van der Waals surface area contributed by atoms with E-state index in [-0.39, 0.29) is 10.9 Å². The lowest BCUT2D eigenvalue weighted by molar-refractivity contribution is 0.216. The van der Waals surface area contributed by atoms with Crippen LogP contribution in [0.3, 0.4) is 0 Å². The van der Waals surface area contributed by atoms with Crippen molar-refractivity contribution >= 4 is 10.0 Å². The summed E-state index contributed by atoms with van der Waals surface area (Å²) >= 11 is 0. The van der Waals surface area contributed by atoms with Crippen molar-refractivity contribution in [3.05, 3.63) is 60.0 Å². The molecule has 0 saturated carbocycles. The molecule has 154 valence electrons. The summed E-state index contributed by atoms with van der Waals surface area (Å²) in [7, 11) is -1.78. The van der Waals surface area contributed by atoms with E-state index in [4.69, 9.17) is 14.4 Å². The van der Waals surface area contributed by atoms with Gasteiger partial charge in [0.15, 0.2) is 0 Å². The molecule has 29 heavy (non-hydrogen) atoms. The summed E-state index contributed by atoms with van der Waals surface area (Å²) in [5, 5.41) is 9.23. The van der Waals surface area contributed by atoms with Gasteiger partial charge in [-0.15, -0.1) is 0 Å². The molecule has 1 heterocycles. The lowest BCUT2D eigenvalue weighted by atomic mass is 10.1. The summed E-state index contributed by atoms with van der Waals surface area (Å²) in [5.74, 6) is 1.66. The van der Waals surface area contributed by atoms with Crippen LogP contribution in [0, 0.1) is 0 Å². The number of para-hydroxylation sites is 1. The van der Waals surface area contributed by atoms with E-state index in [1.807, 2.05) is 50.1 Å². The van der Waals surface area contributed by atoms with Crippen LogP contribution in [-0.4, -0.2) is 37.1 Å². The molecule has 1 atom stereocenters. The molecule has 0 unspecified atom stereocenters. The van der Waals surface area contributed by atoms with Crippen LogP contribution < -0.4 is 9.88 Å². The zero-order valence-electron chi connectivity index (χ0n) is 16.6. The first-order valence-corrected chi connectivity index (χ1v) is 10.7. The van der Waals surface area contributed by atoms with Gasteiger partial charge < -0.3 is 9.26 Å². The third kappa shape index (κ3) is 5.00. The van der Waals surface area contributed by atoms with Crippen molar-refractivity contribution in [2.45, 2.75) is 31.3 Å². The van der Waals surface area contributed by atoms with Gasteiger partial charge in [0.25, 0.3) is 0 Å². The van der Waals surface area contributed by atoms with E-state index in [1.54, 1.807) is 12.1 Å². The summed E-state index contributed by atoms with van der Waals surface area (Å²) < 4.78 is 33.9. The lowest BCUT2D eigenvalue weighted by Gasteiger charge is -2.23. The van der Waals surface area contributed by atoms with E-state index in [9.17, 15) is 8.42 Å². The van der Waals surface area contributed by atoms with Crippen LogP contribution in [0.5, 0.6) is 5.75 Å². The Balaban J connectivity index is 1.72. The van der Waals surface area contributed by atoms with E-state index in [0.717, 1.165) is 11.1 Å². The zero-order chi connectivity index (χ0) is 21.0. The fourth-order valence-electron chi connectivity index (χ4n) is 2.90. The predicted octanol–water partition coefficient (Wildman–Crippen LogP) is 2.98. The Morgan fingerprint density at radius 1 is 1.17 bits per heavy atom. The summed E-state index contributed by atoms with van der Waals surface area (Å²) in [5.41, 5.74) is 1.72. The smallest absolute Gasteiger partial charge is 0.241 e. The summed E-state index contributed by atoms with van der Waals surface area (Å²) in [4.78, 5) is 6.60. The first-order valence-electron chi connectivity index (χ1n) is 9.17. The van der Waals surface area contributed by atoms with Crippen LogP contribution >= 0.6 is 0 Å². The molecule has 3 aromatic rings. The molecule has 1 aromatic heterocycles. The van der Waals surface area contributed by atoms with Gasteiger partial charge in [-0.1, -0.05) is 29.4 Å². The minimum Gasteiger partial charge on any atom is -0.493 e. The van der Waals surface area contributed by atoms with Gasteiger partial charge in [-0.3, -0.25) is 4.90 Å². The topological polar surface area (TPSA) is 112 Å². The molecule has 3 rings (SSSR count). The molecular formula is C20H24N4O4S. The van der Waals surface area contributed by atoms with E-state index >= 15 is 0 Å². The van der Waals surface area contributed by atoms with Crippen LogP contribution in [-0.2, 0) is 16.6 Å². The fourth-order valence-corrected chi connectivity index (χ4v) is 3.42. The number of aromatic nitrogens is 2. The minimum atomic E-state index is -3.70. The molecule has 0 fully saturated rings. The molecule has 0 aliphatic heterocycles. The molecule has 0 saturated heterocycles. The van der Waals surface area contributed by atoms with E-state index in [0.29, 0.717) is 30.6 Å². The molecule has 0 aliphatic carbocycles. The van der Waals surface area contributed by atoms with Gasteiger partial charge in [0, 0.05) is 6.04 Å². The van der Waals surface area contributed by atoms with Crippen LogP contribution in [0.1, 0.15) is 31.3 Å². The molecule has 0 bridgehead atoms. The maximum Gasteiger partial charge on any atom is 0.241 e. The monoisotopic (exact) mass is 416 g/mol. The highest BCUT2D eigenvalue weighted by Gasteiger charge is 2.18. The van der Waals surface area contributed by atoms with Gasteiger partial charge in [0.2, 0.25) is 21.7 Å². The summed E-state index contributed by atoms with van der Waals surface area (Å²) in [6, 6.07) is 14.1. The Morgan fingerprint density at radius 3 is 2.52 bits per heavy atom. The third-order valence-corrected chi connectivity index (χ3v) is 5.56. The maximum atomic E-state index is 11.4. The standard InChI is InChI=1S/C20H24N4O4S/c1-4-27-18-8-6-5-7-17(18)20-22-19(28-23-20)13-24(3)14(2)15-9-11-16(12-10-15)29(21,25)26/h5-12,14H,4,13H2,1-3H3,(H2,21,25,26)/t14-/m0/s1. The molecule has 0 amide bonds. The molecule has 8 nitrogen and oxygen atoms in total. The summed E-state index contributed by atoms with van der Waals surface area (Å²) in [6.45, 7) is 4.91. The average molecular weight is 417 g/mol. The Bertz CT molecular complexity index is 1060. The molecular weight excluding hydrogens is 392 g/mol. The Morgan fingerprint density at radius 2 is 1.86 bits per heavy atom. The van der Waals surface area contributed by atoms with Crippen LogP contribution in [0.15, 0.2) is 57.9 Å². The SMILES string of the molecule is CCOc1ccccc1-c1noc(CN(C)[C@@H](C)c2ccc(S(N)(=O)=O)cc2)n1. The van der Waals surface area contributed by atoms with Gasteiger partial charge in [-0.25, -0.2) is 13.6 Å². The first-order chi connectivity index (χ1) is 13.8. The molecule has 0 aliphatic rings. The van der Waals surface area contributed by atoms with Gasteiger partial charge in [0.05, 0.1) is 23.6 Å². The first kappa shape index (κ1) is 21.0. The number of nitrogens with zero attached hydrogens (tertiary/aromatic N) is 3. The van der Waals surface area contributed by atoms with Crippen molar-refractivity contribution in [3.63, 3.8) is 0 Å². The van der Waals surface area contributed by atoms with E-state index < -0.39 is 10.0 Å². The predicted molar refractivity (Wildman–Crippen MR) is 109 cm³/mol. The van der Waals surface area contributed by atoms with Crippen LogP contribution in [0.25, 0.3) is 11.4 Å². The molecule has 9 heteroatoms. The highest BCUT2D eigenvalue weighted by atomic mass is 32.2.